The molecule has 0 N–H and O–H groups in total. The minimum atomic E-state index is -4.42. The Hall–Kier alpha value is -2.88. The Labute approximate surface area is 148 Å². The highest BCUT2D eigenvalue weighted by molar-refractivity contribution is 5.67. The summed E-state index contributed by atoms with van der Waals surface area (Å²) in [6.07, 6.45) is -4.42. The molecule has 2 aliphatic heterocycles. The summed E-state index contributed by atoms with van der Waals surface area (Å²) in [5.74, 6) is 0.648. The van der Waals surface area contributed by atoms with Gasteiger partial charge >= 0.3 is 6.18 Å². The summed E-state index contributed by atoms with van der Waals surface area (Å²) in [4.78, 5) is 1.84. The first kappa shape index (κ1) is 16.6. The van der Waals surface area contributed by atoms with E-state index in [1.54, 1.807) is 12.1 Å². The van der Waals surface area contributed by atoms with Gasteiger partial charge in [0, 0.05) is 12.2 Å². The highest BCUT2D eigenvalue weighted by atomic mass is 19.4. The maximum Gasteiger partial charge on any atom is 0.416 e. The highest BCUT2D eigenvalue weighted by Crippen LogP contribution is 2.51. The van der Waals surface area contributed by atoms with Crippen molar-refractivity contribution in [3.63, 3.8) is 0 Å². The Morgan fingerprint density at radius 2 is 1.92 bits per heavy atom. The van der Waals surface area contributed by atoms with Crippen molar-refractivity contribution in [2.45, 2.75) is 25.1 Å². The van der Waals surface area contributed by atoms with Gasteiger partial charge in [-0.2, -0.15) is 18.4 Å². The van der Waals surface area contributed by atoms with Crippen LogP contribution in [0, 0.1) is 11.3 Å². The number of halogens is 3. The maximum atomic E-state index is 13.1. The van der Waals surface area contributed by atoms with E-state index in [0.29, 0.717) is 29.3 Å². The minimum absolute atomic E-state index is 0.137. The Bertz CT molecular complexity index is 905. The Morgan fingerprint density at radius 1 is 1.15 bits per heavy atom. The molecular weight excluding hydrogens is 345 g/mol. The van der Waals surface area contributed by atoms with E-state index in [2.05, 4.69) is 6.07 Å². The van der Waals surface area contributed by atoms with Crippen molar-refractivity contribution in [2.24, 2.45) is 0 Å². The molecule has 2 heterocycles. The van der Waals surface area contributed by atoms with Crippen LogP contribution in [-0.2, 0) is 6.18 Å². The van der Waals surface area contributed by atoms with Gasteiger partial charge in [-0.1, -0.05) is 12.1 Å². The summed E-state index contributed by atoms with van der Waals surface area (Å²) in [7, 11) is 0. The summed E-state index contributed by atoms with van der Waals surface area (Å²) in [5.41, 5.74) is 1.17. The first-order valence-electron chi connectivity index (χ1n) is 8.21. The summed E-state index contributed by atoms with van der Waals surface area (Å²) in [6.45, 7) is 2.48. The molecule has 4 nitrogen and oxygen atoms in total. The smallest absolute Gasteiger partial charge is 0.416 e. The Morgan fingerprint density at radius 3 is 2.62 bits per heavy atom. The molecule has 2 atom stereocenters. The fraction of sp³-hybridized carbons (Fsp3) is 0.316. The summed E-state index contributed by atoms with van der Waals surface area (Å²) in [5, 5.41) is 9.73. The van der Waals surface area contributed by atoms with Gasteiger partial charge in [0.05, 0.1) is 23.6 Å². The van der Waals surface area contributed by atoms with Gasteiger partial charge in [0.15, 0.2) is 11.5 Å². The number of rotatable bonds is 2. The van der Waals surface area contributed by atoms with Crippen LogP contribution in [0.1, 0.15) is 35.6 Å². The predicted molar refractivity (Wildman–Crippen MR) is 88.1 cm³/mol. The second kappa shape index (κ2) is 5.84. The fourth-order valence-corrected chi connectivity index (χ4v) is 3.71. The highest BCUT2D eigenvalue weighted by Gasteiger charge is 2.41. The average molecular weight is 360 g/mol. The molecule has 2 unspecified atom stereocenters. The molecule has 2 aromatic carbocycles. The van der Waals surface area contributed by atoms with E-state index in [-0.39, 0.29) is 12.8 Å². The molecule has 2 aromatic rings. The third-order valence-corrected chi connectivity index (χ3v) is 4.87. The molecule has 0 saturated heterocycles. The van der Waals surface area contributed by atoms with Crippen molar-refractivity contribution in [3.05, 3.63) is 53.1 Å². The normalized spacial score (nSPS) is 20.8. The number of alkyl halides is 3. The molecule has 0 saturated carbocycles. The standard InChI is InChI=1S/C19H15F3N2O2/c1-2-24-15-8-12(19(20,21)22)4-5-13(15)14(9-23)18(24)11-3-6-16-17(7-11)26-10-25-16/h3-8,14,18H,2,10H2,1H3. The molecule has 134 valence electrons. The Balaban J connectivity index is 1.82. The summed E-state index contributed by atoms with van der Waals surface area (Å²) in [6, 6.07) is 10.9. The predicted octanol–water partition coefficient (Wildman–Crippen LogP) is 4.62. The zero-order valence-electron chi connectivity index (χ0n) is 13.9. The number of fused-ring (bicyclic) bond motifs is 2. The lowest BCUT2D eigenvalue weighted by molar-refractivity contribution is -0.137. The molecule has 0 radical (unpaired) electrons. The number of nitrogens with zero attached hydrogens (tertiary/aromatic N) is 2. The molecular formula is C19H15F3N2O2. The van der Waals surface area contributed by atoms with Gasteiger partial charge in [0.25, 0.3) is 0 Å². The van der Waals surface area contributed by atoms with Crippen molar-refractivity contribution in [3.8, 4) is 17.6 Å². The van der Waals surface area contributed by atoms with Crippen molar-refractivity contribution >= 4 is 5.69 Å². The molecule has 0 bridgehead atoms. The van der Waals surface area contributed by atoms with Gasteiger partial charge in [0.2, 0.25) is 6.79 Å². The van der Waals surface area contributed by atoms with Crippen LogP contribution >= 0.6 is 0 Å². The van der Waals surface area contributed by atoms with Crippen LogP contribution in [0.5, 0.6) is 11.5 Å². The molecule has 0 fully saturated rings. The molecule has 26 heavy (non-hydrogen) atoms. The van der Waals surface area contributed by atoms with E-state index in [9.17, 15) is 18.4 Å². The second-order valence-corrected chi connectivity index (χ2v) is 6.22. The van der Waals surface area contributed by atoms with E-state index in [4.69, 9.17) is 9.47 Å². The average Bonchev–Trinajstić information content (AvgIpc) is 3.21. The van der Waals surface area contributed by atoms with Crippen LogP contribution < -0.4 is 14.4 Å². The zero-order chi connectivity index (χ0) is 18.5. The minimum Gasteiger partial charge on any atom is -0.454 e. The van der Waals surface area contributed by atoms with Crippen molar-refractivity contribution in [1.29, 1.82) is 5.26 Å². The maximum absolute atomic E-state index is 13.1. The van der Waals surface area contributed by atoms with E-state index < -0.39 is 17.7 Å². The van der Waals surface area contributed by atoms with Crippen molar-refractivity contribution in [2.75, 3.05) is 18.2 Å². The first-order valence-corrected chi connectivity index (χ1v) is 8.21. The Kier molecular flexibility index (Phi) is 3.72. The molecule has 0 amide bonds. The van der Waals surface area contributed by atoms with E-state index >= 15 is 0 Å². The molecule has 2 aliphatic rings. The third kappa shape index (κ3) is 2.45. The summed E-state index contributed by atoms with van der Waals surface area (Å²) >= 11 is 0. The van der Waals surface area contributed by atoms with Gasteiger partial charge in [0.1, 0.15) is 0 Å². The number of benzene rings is 2. The third-order valence-electron chi connectivity index (χ3n) is 4.87. The SMILES string of the molecule is CCN1c2cc(C(F)(F)F)ccc2C(C#N)C1c1ccc2c(c1)OCO2. The number of nitriles is 1. The van der Waals surface area contributed by atoms with E-state index in [1.165, 1.54) is 6.07 Å². The van der Waals surface area contributed by atoms with Gasteiger partial charge in [-0.15, -0.1) is 0 Å². The lowest BCUT2D eigenvalue weighted by Crippen LogP contribution is -2.26. The monoisotopic (exact) mass is 360 g/mol. The van der Waals surface area contributed by atoms with E-state index in [1.807, 2.05) is 17.9 Å². The summed E-state index contributed by atoms with van der Waals surface area (Å²) < 4.78 is 50.1. The van der Waals surface area contributed by atoms with Crippen LogP contribution in [-0.4, -0.2) is 13.3 Å². The first-order chi connectivity index (χ1) is 12.4. The lowest BCUT2D eigenvalue weighted by Gasteiger charge is -2.28. The largest absolute Gasteiger partial charge is 0.454 e. The fourth-order valence-electron chi connectivity index (χ4n) is 3.71. The van der Waals surface area contributed by atoms with Gasteiger partial charge in [-0.3, -0.25) is 0 Å². The van der Waals surface area contributed by atoms with Crippen LogP contribution in [0.15, 0.2) is 36.4 Å². The molecule has 0 aliphatic carbocycles. The quantitative estimate of drug-likeness (QED) is 0.784. The zero-order valence-corrected chi connectivity index (χ0v) is 13.9. The van der Waals surface area contributed by atoms with E-state index in [0.717, 1.165) is 17.7 Å². The van der Waals surface area contributed by atoms with Crippen LogP contribution in [0.2, 0.25) is 0 Å². The van der Waals surface area contributed by atoms with Gasteiger partial charge in [-0.05, 0) is 42.3 Å². The second-order valence-electron chi connectivity index (χ2n) is 6.22. The topological polar surface area (TPSA) is 45.5 Å². The van der Waals surface area contributed by atoms with Crippen LogP contribution in [0.4, 0.5) is 18.9 Å². The van der Waals surface area contributed by atoms with Gasteiger partial charge < -0.3 is 14.4 Å². The van der Waals surface area contributed by atoms with Gasteiger partial charge in [-0.25, -0.2) is 0 Å². The molecule has 7 heteroatoms. The number of likely N-dealkylation sites (N-methyl/N-ethyl adjacent to an activating group) is 1. The molecule has 0 spiro atoms. The van der Waals surface area contributed by atoms with Crippen LogP contribution in [0.3, 0.4) is 0 Å². The lowest BCUT2D eigenvalue weighted by atomic mass is 9.91. The van der Waals surface area contributed by atoms with Crippen LogP contribution in [0.25, 0.3) is 0 Å². The number of hydrogen-bond donors (Lipinski definition) is 0. The number of hydrogen-bond acceptors (Lipinski definition) is 4. The van der Waals surface area contributed by atoms with Crippen molar-refractivity contribution < 1.29 is 22.6 Å². The number of ether oxygens (including phenoxy) is 2. The number of anilines is 1. The van der Waals surface area contributed by atoms with Crippen molar-refractivity contribution in [1.82, 2.24) is 0 Å². The molecule has 0 aromatic heterocycles. The molecule has 4 rings (SSSR count).